The van der Waals surface area contributed by atoms with Gasteiger partial charge < -0.3 is 5.32 Å². The summed E-state index contributed by atoms with van der Waals surface area (Å²) < 4.78 is 26.2. The largest absolute Gasteiger partial charge is 0.346 e. The molecule has 0 heterocycles. The maximum Gasteiger partial charge on any atom is 0.251 e. The molecule has 3 aromatic rings. The van der Waals surface area contributed by atoms with Gasteiger partial charge >= 0.3 is 0 Å². The van der Waals surface area contributed by atoms with Crippen molar-refractivity contribution in [1.29, 1.82) is 0 Å². The van der Waals surface area contributed by atoms with Crippen molar-refractivity contribution in [1.82, 2.24) is 5.32 Å². The Hall–Kier alpha value is -2.83. The molecule has 0 fully saturated rings. The van der Waals surface area contributed by atoms with Gasteiger partial charge in [-0.1, -0.05) is 68.8 Å². The van der Waals surface area contributed by atoms with Crippen LogP contribution in [0.4, 0.5) is 5.69 Å². The normalized spacial score (nSPS) is 12.8. The zero-order valence-corrected chi connectivity index (χ0v) is 21.7. The number of hydrogen-bond donors (Lipinski definition) is 1. The number of carbonyl (C=O) groups is 1. The third kappa shape index (κ3) is 6.61. The van der Waals surface area contributed by atoms with Crippen LogP contribution < -0.4 is 9.62 Å². The van der Waals surface area contributed by atoms with Crippen molar-refractivity contribution in [3.63, 3.8) is 0 Å². The minimum atomic E-state index is -3.53. The van der Waals surface area contributed by atoms with E-state index in [1.54, 1.807) is 48.5 Å². The average molecular weight is 499 g/mol. The second kappa shape index (κ2) is 10.2. The second-order valence-electron chi connectivity index (χ2n) is 9.51. The van der Waals surface area contributed by atoms with Gasteiger partial charge in [-0.05, 0) is 65.4 Å². The van der Waals surface area contributed by atoms with Crippen molar-refractivity contribution >= 4 is 33.2 Å². The highest BCUT2D eigenvalue weighted by Gasteiger charge is 2.19. The van der Waals surface area contributed by atoms with E-state index in [4.69, 9.17) is 11.6 Å². The third-order valence-corrected chi connectivity index (χ3v) is 7.07. The third-order valence-electron chi connectivity index (χ3n) is 5.68. The minimum absolute atomic E-state index is 0.0696. The number of nitrogens with one attached hydrogen (secondary N) is 1. The first-order valence-electron chi connectivity index (χ1n) is 11.1. The molecular weight excluding hydrogens is 468 g/mol. The molecule has 0 aliphatic carbocycles. The van der Waals surface area contributed by atoms with Crippen LogP contribution in [-0.4, -0.2) is 20.6 Å². The van der Waals surface area contributed by atoms with Gasteiger partial charge in [-0.3, -0.25) is 9.10 Å². The Morgan fingerprint density at radius 3 is 2.00 bits per heavy atom. The first-order chi connectivity index (χ1) is 15.8. The Kier molecular flexibility index (Phi) is 7.74. The molecule has 34 heavy (non-hydrogen) atoms. The number of nitrogens with zero attached hydrogens (tertiary/aromatic N) is 1. The van der Waals surface area contributed by atoms with Crippen molar-refractivity contribution in [2.24, 2.45) is 0 Å². The number of anilines is 1. The van der Waals surface area contributed by atoms with E-state index in [0.717, 1.165) is 17.4 Å². The van der Waals surface area contributed by atoms with Crippen molar-refractivity contribution in [3.05, 3.63) is 100 Å². The van der Waals surface area contributed by atoms with E-state index < -0.39 is 10.0 Å². The lowest BCUT2D eigenvalue weighted by Crippen LogP contribution is -2.29. The second-order valence-corrected chi connectivity index (χ2v) is 11.9. The molecule has 5 nitrogen and oxygen atoms in total. The Bertz CT molecular complexity index is 1230. The highest BCUT2D eigenvalue weighted by Crippen LogP contribution is 2.25. The van der Waals surface area contributed by atoms with Gasteiger partial charge in [-0.25, -0.2) is 8.42 Å². The zero-order valence-electron chi connectivity index (χ0n) is 20.2. The first kappa shape index (κ1) is 25.8. The number of rotatable bonds is 7. The van der Waals surface area contributed by atoms with Crippen molar-refractivity contribution in [2.45, 2.75) is 45.7 Å². The van der Waals surface area contributed by atoms with Gasteiger partial charge in [0.05, 0.1) is 24.5 Å². The average Bonchev–Trinajstić information content (AvgIpc) is 2.77. The Morgan fingerprint density at radius 1 is 0.941 bits per heavy atom. The number of halogens is 1. The van der Waals surface area contributed by atoms with Crippen molar-refractivity contribution in [2.75, 3.05) is 10.6 Å². The molecule has 0 saturated carbocycles. The van der Waals surface area contributed by atoms with E-state index in [0.29, 0.717) is 16.3 Å². The van der Waals surface area contributed by atoms with E-state index >= 15 is 0 Å². The Labute approximate surface area is 207 Å². The molecule has 3 rings (SSSR count). The highest BCUT2D eigenvalue weighted by atomic mass is 35.5. The zero-order chi connectivity index (χ0) is 25.1. The molecule has 180 valence electrons. The van der Waals surface area contributed by atoms with Crippen LogP contribution in [0.3, 0.4) is 0 Å². The topological polar surface area (TPSA) is 66.5 Å². The molecule has 0 radical (unpaired) electrons. The molecule has 1 N–H and O–H groups in total. The van der Waals surface area contributed by atoms with Crippen LogP contribution in [0, 0.1) is 0 Å². The first-order valence-corrected chi connectivity index (χ1v) is 13.3. The fourth-order valence-corrected chi connectivity index (χ4v) is 4.58. The van der Waals surface area contributed by atoms with Crippen LogP contribution in [0.1, 0.15) is 60.8 Å². The summed E-state index contributed by atoms with van der Waals surface area (Å²) >= 11 is 5.93. The van der Waals surface area contributed by atoms with Crippen LogP contribution in [0.25, 0.3) is 0 Å². The van der Waals surface area contributed by atoms with Crippen molar-refractivity contribution in [3.8, 4) is 0 Å². The molecule has 0 aliphatic rings. The van der Waals surface area contributed by atoms with Crippen LogP contribution in [0.5, 0.6) is 0 Å². The number of carbonyl (C=O) groups excluding carboxylic acids is 1. The van der Waals surface area contributed by atoms with Crippen LogP contribution in [0.15, 0.2) is 72.8 Å². The van der Waals surface area contributed by atoms with Gasteiger partial charge in [0, 0.05) is 10.6 Å². The number of sulfonamides is 1. The number of benzene rings is 3. The highest BCUT2D eigenvalue weighted by molar-refractivity contribution is 7.92. The molecular formula is C27H31ClN2O3S. The van der Waals surface area contributed by atoms with Crippen LogP contribution in [-0.2, 0) is 22.0 Å². The maximum atomic E-state index is 12.8. The fourth-order valence-electron chi connectivity index (χ4n) is 3.57. The van der Waals surface area contributed by atoms with Gasteiger partial charge in [0.25, 0.3) is 5.91 Å². The van der Waals surface area contributed by atoms with E-state index in [1.807, 2.05) is 19.1 Å². The quantitative estimate of drug-likeness (QED) is 0.428. The summed E-state index contributed by atoms with van der Waals surface area (Å²) in [7, 11) is -3.53. The van der Waals surface area contributed by atoms with E-state index in [1.165, 1.54) is 9.87 Å². The SMILES string of the molecule is C[C@H](NC(=O)c1ccc(N(Cc2ccc(Cl)cc2)S(C)(=O)=O)cc1)c1ccc(C(C)(C)C)cc1. The summed E-state index contributed by atoms with van der Waals surface area (Å²) in [6, 6.07) is 21.7. The molecule has 1 atom stereocenters. The summed E-state index contributed by atoms with van der Waals surface area (Å²) in [5.74, 6) is -0.220. The smallest absolute Gasteiger partial charge is 0.251 e. The maximum absolute atomic E-state index is 12.8. The molecule has 0 spiro atoms. The van der Waals surface area contributed by atoms with Crippen LogP contribution >= 0.6 is 11.6 Å². The van der Waals surface area contributed by atoms with Crippen LogP contribution in [0.2, 0.25) is 5.02 Å². The lowest BCUT2D eigenvalue weighted by Gasteiger charge is -2.23. The summed E-state index contributed by atoms with van der Waals surface area (Å²) in [5, 5.41) is 3.60. The molecule has 0 aliphatic heterocycles. The molecule has 0 unspecified atom stereocenters. The van der Waals surface area contributed by atoms with Crippen molar-refractivity contribution < 1.29 is 13.2 Å². The van der Waals surface area contributed by atoms with Gasteiger partial charge in [0.15, 0.2) is 0 Å². The molecule has 0 aromatic heterocycles. The summed E-state index contributed by atoms with van der Waals surface area (Å²) in [6.45, 7) is 8.60. The summed E-state index contributed by atoms with van der Waals surface area (Å²) in [5.41, 5.74) is 4.08. The molecule has 0 bridgehead atoms. The van der Waals surface area contributed by atoms with E-state index in [2.05, 4.69) is 38.2 Å². The number of hydrogen-bond acceptors (Lipinski definition) is 3. The lowest BCUT2D eigenvalue weighted by atomic mass is 9.86. The molecule has 3 aromatic carbocycles. The predicted octanol–water partition coefficient (Wildman–Crippen LogP) is 6.09. The Balaban J connectivity index is 1.72. The monoisotopic (exact) mass is 498 g/mol. The van der Waals surface area contributed by atoms with Gasteiger partial charge in [-0.15, -0.1) is 0 Å². The van der Waals surface area contributed by atoms with Gasteiger partial charge in [-0.2, -0.15) is 0 Å². The Morgan fingerprint density at radius 2 is 1.50 bits per heavy atom. The van der Waals surface area contributed by atoms with E-state index in [-0.39, 0.29) is 23.9 Å². The predicted molar refractivity (Wildman–Crippen MR) is 140 cm³/mol. The van der Waals surface area contributed by atoms with Gasteiger partial charge in [0.1, 0.15) is 0 Å². The standard InChI is InChI=1S/C27H31ClN2O3S/c1-19(21-8-12-23(13-9-21)27(2,3)4)29-26(31)22-10-16-25(17-11-22)30(34(5,32)33)18-20-6-14-24(28)15-7-20/h6-17,19H,18H2,1-5H3,(H,29,31)/t19-/m0/s1. The van der Waals surface area contributed by atoms with Gasteiger partial charge in [0.2, 0.25) is 10.0 Å². The number of amides is 1. The lowest BCUT2D eigenvalue weighted by molar-refractivity contribution is 0.0940. The fraction of sp³-hybridized carbons (Fsp3) is 0.296. The summed E-state index contributed by atoms with van der Waals surface area (Å²) in [4.78, 5) is 12.8. The minimum Gasteiger partial charge on any atom is -0.346 e. The summed E-state index contributed by atoms with van der Waals surface area (Å²) in [6.07, 6.45) is 1.16. The molecule has 0 saturated heterocycles. The molecule has 7 heteroatoms. The van der Waals surface area contributed by atoms with E-state index in [9.17, 15) is 13.2 Å². The molecule has 1 amide bonds.